The summed E-state index contributed by atoms with van der Waals surface area (Å²) >= 11 is 3.46. The second-order valence-electron chi connectivity index (χ2n) is 4.75. The fourth-order valence-electron chi connectivity index (χ4n) is 2.42. The van der Waals surface area contributed by atoms with Crippen LogP contribution in [0.1, 0.15) is 5.69 Å². The zero-order chi connectivity index (χ0) is 15.7. The molecule has 2 aromatic heterocycles. The van der Waals surface area contributed by atoms with Crippen LogP contribution in [0, 0.1) is 0 Å². The molecule has 5 nitrogen and oxygen atoms in total. The van der Waals surface area contributed by atoms with Gasteiger partial charge in [-0.25, -0.2) is 4.98 Å². The van der Waals surface area contributed by atoms with Gasteiger partial charge in [-0.2, -0.15) is 0 Å². The predicted octanol–water partition coefficient (Wildman–Crippen LogP) is 3.40. The van der Waals surface area contributed by atoms with Gasteiger partial charge in [-0.1, -0.05) is 18.2 Å². The molecule has 0 amide bonds. The van der Waals surface area contributed by atoms with Crippen LogP contribution in [-0.4, -0.2) is 27.6 Å². The van der Waals surface area contributed by atoms with Gasteiger partial charge in [0.2, 0.25) is 0 Å². The van der Waals surface area contributed by atoms with Gasteiger partial charge in [0.25, 0.3) is 0 Å². The van der Waals surface area contributed by atoms with E-state index in [0.717, 1.165) is 10.2 Å². The minimum atomic E-state index is -0.901. The minimum Gasteiger partial charge on any atom is -0.497 e. The second-order valence-corrected chi connectivity index (χ2v) is 5.56. The highest BCUT2D eigenvalue weighted by Crippen LogP contribution is 2.29. The Bertz CT molecular complexity index is 858. The van der Waals surface area contributed by atoms with Crippen LogP contribution < -0.4 is 4.74 Å². The molecule has 0 atom stereocenters. The highest BCUT2D eigenvalue weighted by molar-refractivity contribution is 9.10. The molecular weight excluding hydrogens is 348 g/mol. The van der Waals surface area contributed by atoms with Crippen molar-refractivity contribution in [2.45, 2.75) is 6.42 Å². The lowest BCUT2D eigenvalue weighted by atomic mass is 10.1. The van der Waals surface area contributed by atoms with E-state index in [-0.39, 0.29) is 6.42 Å². The Morgan fingerprint density at radius 3 is 2.82 bits per heavy atom. The first kappa shape index (κ1) is 14.6. The zero-order valence-electron chi connectivity index (χ0n) is 11.8. The van der Waals surface area contributed by atoms with E-state index in [9.17, 15) is 9.90 Å². The Balaban J connectivity index is 2.27. The third-order valence-electron chi connectivity index (χ3n) is 3.35. The number of carboxylic acid groups (broad SMARTS) is 1. The van der Waals surface area contributed by atoms with E-state index in [1.807, 2.05) is 46.9 Å². The Morgan fingerprint density at radius 2 is 2.09 bits per heavy atom. The highest BCUT2D eigenvalue weighted by Gasteiger charge is 2.18. The van der Waals surface area contributed by atoms with Crippen LogP contribution in [0.25, 0.3) is 16.9 Å². The van der Waals surface area contributed by atoms with E-state index < -0.39 is 5.97 Å². The molecule has 2 heterocycles. The summed E-state index contributed by atoms with van der Waals surface area (Å²) in [7, 11) is 1.59. The Labute approximate surface area is 135 Å². The monoisotopic (exact) mass is 360 g/mol. The molecule has 6 heteroatoms. The van der Waals surface area contributed by atoms with Gasteiger partial charge in [0.05, 0.1) is 29.5 Å². The van der Waals surface area contributed by atoms with Crippen LogP contribution in [0.3, 0.4) is 0 Å². The third kappa shape index (κ3) is 2.57. The topological polar surface area (TPSA) is 63.8 Å². The van der Waals surface area contributed by atoms with Crippen molar-refractivity contribution in [1.29, 1.82) is 0 Å². The standard InChI is InChI=1S/C16H13BrN2O3/c1-22-11-5-2-4-10(8-11)16-12(9-15(20)21)19-13(17)6-3-7-14(19)18-16/h2-8H,9H2,1H3,(H,20,21). The fraction of sp³-hybridized carbons (Fsp3) is 0.125. The molecule has 3 rings (SSSR count). The Hall–Kier alpha value is -2.34. The van der Waals surface area contributed by atoms with E-state index in [4.69, 9.17) is 4.74 Å². The van der Waals surface area contributed by atoms with Crippen LogP contribution >= 0.6 is 15.9 Å². The van der Waals surface area contributed by atoms with Gasteiger partial charge in [-0.3, -0.25) is 9.20 Å². The maximum atomic E-state index is 11.2. The Morgan fingerprint density at radius 1 is 1.32 bits per heavy atom. The molecule has 0 bridgehead atoms. The van der Waals surface area contributed by atoms with Crippen LogP contribution in [-0.2, 0) is 11.2 Å². The lowest BCUT2D eigenvalue weighted by Crippen LogP contribution is -2.05. The first-order valence-corrected chi connectivity index (χ1v) is 7.41. The van der Waals surface area contributed by atoms with Crippen LogP contribution in [0.2, 0.25) is 0 Å². The predicted molar refractivity (Wildman–Crippen MR) is 86.2 cm³/mol. The van der Waals surface area contributed by atoms with E-state index in [0.29, 0.717) is 22.8 Å². The lowest BCUT2D eigenvalue weighted by molar-refractivity contribution is -0.136. The fourth-order valence-corrected chi connectivity index (χ4v) is 2.97. The highest BCUT2D eigenvalue weighted by atomic mass is 79.9. The van der Waals surface area contributed by atoms with Gasteiger partial charge in [-0.05, 0) is 40.2 Å². The lowest BCUT2D eigenvalue weighted by Gasteiger charge is -2.06. The van der Waals surface area contributed by atoms with Crippen molar-refractivity contribution in [2.24, 2.45) is 0 Å². The summed E-state index contributed by atoms with van der Waals surface area (Å²) in [6, 6.07) is 13.0. The number of imidazole rings is 1. The SMILES string of the molecule is COc1cccc(-c2nc3cccc(Br)n3c2CC(=O)O)c1. The summed E-state index contributed by atoms with van der Waals surface area (Å²) in [6.07, 6.45) is -0.115. The zero-order valence-corrected chi connectivity index (χ0v) is 13.4. The van der Waals surface area contributed by atoms with Crippen molar-refractivity contribution in [1.82, 2.24) is 9.38 Å². The number of rotatable bonds is 4. The number of benzene rings is 1. The summed E-state index contributed by atoms with van der Waals surface area (Å²) in [5.41, 5.74) is 2.80. The number of fused-ring (bicyclic) bond motifs is 1. The number of aliphatic carboxylic acids is 1. The number of nitrogens with zero attached hydrogens (tertiary/aromatic N) is 2. The van der Waals surface area contributed by atoms with Gasteiger partial charge < -0.3 is 9.84 Å². The van der Waals surface area contributed by atoms with Crippen molar-refractivity contribution in [2.75, 3.05) is 7.11 Å². The molecule has 1 aromatic carbocycles. The largest absolute Gasteiger partial charge is 0.497 e. The number of hydrogen-bond donors (Lipinski definition) is 1. The summed E-state index contributed by atoms with van der Waals surface area (Å²) in [6.45, 7) is 0. The van der Waals surface area contributed by atoms with Gasteiger partial charge in [0.1, 0.15) is 11.4 Å². The van der Waals surface area contributed by atoms with E-state index in [1.54, 1.807) is 7.11 Å². The van der Waals surface area contributed by atoms with Crippen molar-refractivity contribution < 1.29 is 14.6 Å². The van der Waals surface area contributed by atoms with E-state index in [2.05, 4.69) is 20.9 Å². The smallest absolute Gasteiger partial charge is 0.309 e. The normalized spacial score (nSPS) is 10.8. The summed E-state index contributed by atoms with van der Waals surface area (Å²) < 4.78 is 7.81. The molecule has 0 saturated heterocycles. The van der Waals surface area contributed by atoms with E-state index in [1.165, 1.54) is 0 Å². The van der Waals surface area contributed by atoms with Crippen molar-refractivity contribution in [3.05, 3.63) is 52.8 Å². The summed E-state index contributed by atoms with van der Waals surface area (Å²) in [4.78, 5) is 15.8. The quantitative estimate of drug-likeness (QED) is 0.724. The molecular formula is C16H13BrN2O3. The molecule has 1 N–H and O–H groups in total. The molecule has 0 aliphatic heterocycles. The molecule has 0 fully saturated rings. The number of hydrogen-bond acceptors (Lipinski definition) is 3. The number of carbonyl (C=O) groups is 1. The number of aromatic nitrogens is 2. The number of halogens is 1. The first-order valence-electron chi connectivity index (χ1n) is 6.62. The van der Waals surface area contributed by atoms with Crippen molar-refractivity contribution in [3.63, 3.8) is 0 Å². The van der Waals surface area contributed by atoms with Crippen LogP contribution in [0.4, 0.5) is 0 Å². The van der Waals surface area contributed by atoms with Gasteiger partial charge >= 0.3 is 5.97 Å². The average molecular weight is 361 g/mol. The van der Waals surface area contributed by atoms with Gasteiger partial charge in [0, 0.05) is 5.56 Å². The van der Waals surface area contributed by atoms with Crippen LogP contribution in [0.5, 0.6) is 5.75 Å². The number of pyridine rings is 1. The molecule has 22 heavy (non-hydrogen) atoms. The average Bonchev–Trinajstić information content (AvgIpc) is 2.86. The molecule has 112 valence electrons. The maximum absolute atomic E-state index is 11.2. The number of ether oxygens (including phenoxy) is 1. The number of carboxylic acids is 1. The van der Waals surface area contributed by atoms with Gasteiger partial charge in [0.15, 0.2) is 0 Å². The summed E-state index contributed by atoms with van der Waals surface area (Å²) in [5, 5.41) is 9.23. The second kappa shape index (κ2) is 5.81. The third-order valence-corrected chi connectivity index (χ3v) is 3.97. The van der Waals surface area contributed by atoms with Crippen LogP contribution in [0.15, 0.2) is 47.1 Å². The number of methoxy groups -OCH3 is 1. The van der Waals surface area contributed by atoms with Crippen molar-refractivity contribution >= 4 is 27.5 Å². The first-order chi connectivity index (χ1) is 10.6. The minimum absolute atomic E-state index is 0.115. The molecule has 0 saturated carbocycles. The van der Waals surface area contributed by atoms with E-state index >= 15 is 0 Å². The molecule has 0 aliphatic rings. The summed E-state index contributed by atoms with van der Waals surface area (Å²) in [5.74, 6) is -0.198. The Kier molecular flexibility index (Phi) is 3.85. The molecule has 0 spiro atoms. The molecule has 3 aromatic rings. The molecule has 0 radical (unpaired) electrons. The maximum Gasteiger partial charge on any atom is 0.309 e. The van der Waals surface area contributed by atoms with Crippen molar-refractivity contribution in [3.8, 4) is 17.0 Å². The molecule has 0 aliphatic carbocycles. The molecule has 0 unspecified atom stereocenters. The van der Waals surface area contributed by atoms with Gasteiger partial charge in [-0.15, -0.1) is 0 Å².